The number of methoxy groups -OCH3 is 2. The van der Waals surface area contributed by atoms with Gasteiger partial charge in [0.2, 0.25) is 5.91 Å². The van der Waals surface area contributed by atoms with E-state index in [9.17, 15) is 14.4 Å². The van der Waals surface area contributed by atoms with Gasteiger partial charge in [-0.3, -0.25) is 14.4 Å². The zero-order valence-electron chi connectivity index (χ0n) is 27.2. The summed E-state index contributed by atoms with van der Waals surface area (Å²) in [7, 11) is 3.01. The van der Waals surface area contributed by atoms with Crippen LogP contribution in [0.2, 0.25) is 10.0 Å². The van der Waals surface area contributed by atoms with E-state index in [0.29, 0.717) is 61.2 Å². The van der Waals surface area contributed by atoms with Gasteiger partial charge >= 0.3 is 0 Å². The highest BCUT2D eigenvalue weighted by Crippen LogP contribution is 2.34. The number of anilines is 2. The number of thioether (sulfide) groups is 1. The molecule has 50 heavy (non-hydrogen) atoms. The van der Waals surface area contributed by atoms with Crippen molar-refractivity contribution in [3.63, 3.8) is 0 Å². The topological polar surface area (TPSA) is 119 Å². The number of ether oxygens (including phenoxy) is 2. The molecule has 1 aromatic heterocycles. The molecule has 13 heteroatoms. The highest BCUT2D eigenvalue weighted by Gasteiger charge is 2.21. The van der Waals surface area contributed by atoms with Gasteiger partial charge in [0.15, 0.2) is 16.6 Å². The van der Waals surface area contributed by atoms with Crippen LogP contribution in [-0.2, 0) is 9.59 Å². The number of thiazole rings is 1. The van der Waals surface area contributed by atoms with Crippen LogP contribution in [0.4, 0.5) is 10.8 Å². The van der Waals surface area contributed by atoms with Crippen molar-refractivity contribution in [3.8, 4) is 22.8 Å². The summed E-state index contributed by atoms with van der Waals surface area (Å²) in [6.07, 6.45) is 2.06. The van der Waals surface area contributed by atoms with Crippen molar-refractivity contribution in [2.75, 3.05) is 24.9 Å². The van der Waals surface area contributed by atoms with Gasteiger partial charge in [-0.2, -0.15) is 0 Å². The first kappa shape index (κ1) is 36.5. The van der Waals surface area contributed by atoms with E-state index in [-0.39, 0.29) is 11.6 Å². The summed E-state index contributed by atoms with van der Waals surface area (Å²) in [4.78, 5) is 45.5. The fraction of sp³-hybridized carbons (Fsp3) is 0.135. The second-order valence-corrected chi connectivity index (χ2v) is 13.6. The number of hydrogen-bond acceptors (Lipinski definition) is 8. The van der Waals surface area contributed by atoms with Crippen LogP contribution in [0.15, 0.2) is 107 Å². The molecular weight excluding hydrogens is 715 g/mol. The summed E-state index contributed by atoms with van der Waals surface area (Å²) in [5.74, 6) is -0.365. The Kier molecular flexibility index (Phi) is 12.6. The molecule has 0 bridgehead atoms. The van der Waals surface area contributed by atoms with E-state index in [4.69, 9.17) is 32.7 Å². The van der Waals surface area contributed by atoms with E-state index < -0.39 is 17.1 Å². The Bertz CT molecular complexity index is 2040. The normalized spacial score (nSPS) is 11.7. The standard InChI is InChI=1S/C37H32Cl2N4O5S2/c1-4-32(36(46)43-37-42-30(21-49-37)27-17-16-24(38)19-28(27)39)50-26-14-9-13-25(20-26)40-35(45)29(41-34(44)22-10-6-5-7-11-22)18-23-12-8-15-31(47-2)33(23)48-3/h5-21,32H,4H2,1-3H3,(H,40,45)(H,41,44)(H,42,43,46)/b29-18+. The van der Waals surface area contributed by atoms with Gasteiger partial charge in [-0.15, -0.1) is 23.1 Å². The Morgan fingerprint density at radius 3 is 2.42 bits per heavy atom. The SMILES string of the molecule is CCC(Sc1cccc(NC(=O)/C(=C\c2cccc(OC)c2OC)NC(=O)c2ccccc2)c1)C(=O)Nc1nc(-c2ccc(Cl)cc2Cl)cs1. The molecule has 0 saturated heterocycles. The zero-order valence-corrected chi connectivity index (χ0v) is 30.3. The highest BCUT2D eigenvalue weighted by molar-refractivity contribution is 8.00. The summed E-state index contributed by atoms with van der Waals surface area (Å²) in [6.45, 7) is 1.92. The number of halogens is 2. The molecule has 0 spiro atoms. The van der Waals surface area contributed by atoms with Crippen LogP contribution in [0.1, 0.15) is 29.3 Å². The summed E-state index contributed by atoms with van der Waals surface area (Å²) in [6, 6.07) is 26.1. The summed E-state index contributed by atoms with van der Waals surface area (Å²) < 4.78 is 11.0. The molecule has 0 radical (unpaired) electrons. The fourth-order valence-electron chi connectivity index (χ4n) is 4.79. The minimum Gasteiger partial charge on any atom is -0.493 e. The predicted octanol–water partition coefficient (Wildman–Crippen LogP) is 9.05. The lowest BCUT2D eigenvalue weighted by Crippen LogP contribution is -2.30. The van der Waals surface area contributed by atoms with Gasteiger partial charge in [0.25, 0.3) is 11.8 Å². The lowest BCUT2D eigenvalue weighted by atomic mass is 10.1. The molecule has 5 aromatic rings. The number of rotatable bonds is 13. The lowest BCUT2D eigenvalue weighted by molar-refractivity contribution is -0.116. The van der Waals surface area contributed by atoms with Gasteiger partial charge in [0.1, 0.15) is 5.70 Å². The van der Waals surface area contributed by atoms with E-state index >= 15 is 0 Å². The van der Waals surface area contributed by atoms with Crippen LogP contribution in [0.3, 0.4) is 0 Å². The molecule has 0 aliphatic carbocycles. The van der Waals surface area contributed by atoms with Crippen LogP contribution >= 0.6 is 46.3 Å². The van der Waals surface area contributed by atoms with Crippen molar-refractivity contribution in [2.45, 2.75) is 23.5 Å². The highest BCUT2D eigenvalue weighted by atomic mass is 35.5. The molecular formula is C37H32Cl2N4O5S2. The first-order valence-electron chi connectivity index (χ1n) is 15.3. The lowest BCUT2D eigenvalue weighted by Gasteiger charge is -2.15. The van der Waals surface area contributed by atoms with Crippen LogP contribution in [0, 0.1) is 0 Å². The van der Waals surface area contributed by atoms with Crippen molar-refractivity contribution in [2.24, 2.45) is 0 Å². The predicted molar refractivity (Wildman–Crippen MR) is 203 cm³/mol. The van der Waals surface area contributed by atoms with Crippen molar-refractivity contribution < 1.29 is 23.9 Å². The molecule has 1 heterocycles. The molecule has 1 unspecified atom stereocenters. The maximum absolute atomic E-state index is 13.7. The molecule has 0 aliphatic rings. The Morgan fingerprint density at radius 1 is 0.920 bits per heavy atom. The molecule has 256 valence electrons. The van der Waals surface area contributed by atoms with Gasteiger partial charge in [-0.1, -0.05) is 66.5 Å². The summed E-state index contributed by atoms with van der Waals surface area (Å²) in [5, 5.41) is 11.3. The largest absolute Gasteiger partial charge is 0.493 e. The maximum Gasteiger partial charge on any atom is 0.272 e. The number of carbonyl (C=O) groups excluding carboxylic acids is 3. The zero-order chi connectivity index (χ0) is 35.6. The van der Waals surface area contributed by atoms with Crippen LogP contribution < -0.4 is 25.4 Å². The molecule has 5 rings (SSSR count). The second-order valence-electron chi connectivity index (χ2n) is 10.6. The second kappa shape index (κ2) is 17.2. The first-order valence-corrected chi connectivity index (χ1v) is 17.8. The van der Waals surface area contributed by atoms with Crippen LogP contribution in [0.5, 0.6) is 11.5 Å². The number of hydrogen-bond donors (Lipinski definition) is 3. The minimum atomic E-state index is -0.563. The van der Waals surface area contributed by atoms with E-state index in [0.717, 1.165) is 4.90 Å². The quantitative estimate of drug-likeness (QED) is 0.0813. The maximum atomic E-state index is 13.7. The Hall–Kier alpha value is -4.81. The van der Waals surface area contributed by atoms with Crippen LogP contribution in [-0.4, -0.2) is 42.2 Å². The third-order valence-electron chi connectivity index (χ3n) is 7.24. The first-order chi connectivity index (χ1) is 24.2. The summed E-state index contributed by atoms with van der Waals surface area (Å²) >= 11 is 15.0. The number of aromatic nitrogens is 1. The van der Waals surface area contributed by atoms with E-state index in [1.54, 1.807) is 84.9 Å². The van der Waals surface area contributed by atoms with E-state index in [2.05, 4.69) is 20.9 Å². The smallest absolute Gasteiger partial charge is 0.272 e. The average molecular weight is 748 g/mol. The van der Waals surface area contributed by atoms with E-state index in [1.807, 2.05) is 18.4 Å². The Labute approximate surface area is 308 Å². The molecule has 9 nitrogen and oxygen atoms in total. The van der Waals surface area contributed by atoms with Crippen molar-refractivity contribution >= 4 is 80.9 Å². The molecule has 0 saturated carbocycles. The van der Waals surface area contributed by atoms with Crippen molar-refractivity contribution in [3.05, 3.63) is 123 Å². The van der Waals surface area contributed by atoms with Crippen molar-refractivity contribution in [1.82, 2.24) is 10.3 Å². The Morgan fingerprint density at radius 2 is 1.70 bits per heavy atom. The number of nitrogens with one attached hydrogen (secondary N) is 3. The third-order valence-corrected chi connectivity index (χ3v) is 9.90. The van der Waals surface area contributed by atoms with Gasteiger partial charge in [0, 0.05) is 37.7 Å². The van der Waals surface area contributed by atoms with Gasteiger partial charge in [-0.05, 0) is 67.1 Å². The number of nitrogens with zero attached hydrogens (tertiary/aromatic N) is 1. The number of carbonyl (C=O) groups is 3. The average Bonchev–Trinajstić information content (AvgIpc) is 3.58. The summed E-state index contributed by atoms with van der Waals surface area (Å²) in [5.41, 5.74) is 2.71. The van der Waals surface area contributed by atoms with Gasteiger partial charge in [0.05, 0.1) is 30.2 Å². The van der Waals surface area contributed by atoms with Gasteiger partial charge < -0.3 is 25.4 Å². The van der Waals surface area contributed by atoms with Gasteiger partial charge in [-0.25, -0.2) is 4.98 Å². The number of para-hydroxylation sites is 1. The molecule has 0 fully saturated rings. The molecule has 3 N–H and O–H groups in total. The molecule has 0 aliphatic heterocycles. The fourth-order valence-corrected chi connectivity index (χ4v) is 7.03. The molecule has 4 aromatic carbocycles. The monoisotopic (exact) mass is 746 g/mol. The van der Waals surface area contributed by atoms with Crippen molar-refractivity contribution in [1.29, 1.82) is 0 Å². The molecule has 3 amide bonds. The third kappa shape index (κ3) is 9.25. The van der Waals surface area contributed by atoms with Crippen LogP contribution in [0.25, 0.3) is 17.3 Å². The number of benzene rings is 4. The minimum absolute atomic E-state index is 0.0167. The van der Waals surface area contributed by atoms with E-state index in [1.165, 1.54) is 43.4 Å². The number of amides is 3. The molecule has 1 atom stereocenters. The Balaban J connectivity index is 1.32.